The number of methoxy groups -OCH3 is 1. The highest BCUT2D eigenvalue weighted by atomic mass is 33.1. The SMILES string of the molecule is CC(=O)O.CC(C)(CN)SSCCN.COC(C)=O. The van der Waals surface area contributed by atoms with Gasteiger partial charge in [-0.2, -0.15) is 0 Å². The highest BCUT2D eigenvalue weighted by molar-refractivity contribution is 8.77. The molecule has 0 unspecified atom stereocenters. The topological polar surface area (TPSA) is 116 Å². The molecule has 0 saturated heterocycles. The molecular formula is C11H26N2O4S2. The van der Waals surface area contributed by atoms with Crippen molar-refractivity contribution in [3.05, 3.63) is 0 Å². The van der Waals surface area contributed by atoms with E-state index in [0.29, 0.717) is 0 Å². The van der Waals surface area contributed by atoms with Crippen molar-refractivity contribution in [1.82, 2.24) is 0 Å². The molecule has 0 atom stereocenters. The van der Waals surface area contributed by atoms with Crippen molar-refractivity contribution in [2.45, 2.75) is 32.4 Å². The molecule has 0 aliphatic carbocycles. The van der Waals surface area contributed by atoms with E-state index < -0.39 is 5.97 Å². The third-order valence-electron chi connectivity index (χ3n) is 1.26. The zero-order valence-electron chi connectivity index (χ0n) is 12.3. The monoisotopic (exact) mass is 314 g/mol. The lowest BCUT2D eigenvalue weighted by Gasteiger charge is -2.19. The molecule has 6 nitrogen and oxygen atoms in total. The van der Waals surface area contributed by atoms with Crippen LogP contribution in [-0.2, 0) is 14.3 Å². The fraction of sp³-hybridized carbons (Fsp3) is 0.818. The Bertz CT molecular complexity index is 235. The van der Waals surface area contributed by atoms with Crippen molar-refractivity contribution in [2.75, 3.05) is 26.0 Å². The molecule has 0 rings (SSSR count). The van der Waals surface area contributed by atoms with Crippen LogP contribution in [0.25, 0.3) is 0 Å². The van der Waals surface area contributed by atoms with Gasteiger partial charge in [-0.25, -0.2) is 0 Å². The summed E-state index contributed by atoms with van der Waals surface area (Å²) < 4.78 is 4.31. The summed E-state index contributed by atoms with van der Waals surface area (Å²) in [4.78, 5) is 18.6. The average molecular weight is 314 g/mol. The Morgan fingerprint density at radius 1 is 1.26 bits per heavy atom. The van der Waals surface area contributed by atoms with Gasteiger partial charge in [0.05, 0.1) is 7.11 Å². The number of esters is 1. The highest BCUT2D eigenvalue weighted by Gasteiger charge is 2.15. The Balaban J connectivity index is -0.000000238. The van der Waals surface area contributed by atoms with Crippen molar-refractivity contribution in [3.63, 3.8) is 0 Å². The summed E-state index contributed by atoms with van der Waals surface area (Å²) in [5.41, 5.74) is 10.9. The van der Waals surface area contributed by atoms with Gasteiger partial charge in [0.1, 0.15) is 0 Å². The van der Waals surface area contributed by atoms with Crippen molar-refractivity contribution in [2.24, 2.45) is 11.5 Å². The lowest BCUT2D eigenvalue weighted by Crippen LogP contribution is -2.25. The number of carboxylic acids is 1. The van der Waals surface area contributed by atoms with Crippen LogP contribution in [0.3, 0.4) is 0 Å². The smallest absolute Gasteiger partial charge is 0.302 e. The van der Waals surface area contributed by atoms with Gasteiger partial charge in [-0.1, -0.05) is 21.6 Å². The molecule has 5 N–H and O–H groups in total. The third-order valence-corrected chi connectivity index (χ3v) is 4.61. The van der Waals surface area contributed by atoms with E-state index in [1.54, 1.807) is 10.8 Å². The zero-order valence-corrected chi connectivity index (χ0v) is 13.9. The number of hydrogen-bond acceptors (Lipinski definition) is 7. The van der Waals surface area contributed by atoms with E-state index in [1.807, 2.05) is 10.8 Å². The minimum Gasteiger partial charge on any atom is -0.481 e. The fourth-order valence-electron chi connectivity index (χ4n) is 0.283. The van der Waals surface area contributed by atoms with Crippen molar-refractivity contribution < 1.29 is 19.4 Å². The van der Waals surface area contributed by atoms with Gasteiger partial charge in [0.25, 0.3) is 5.97 Å². The zero-order chi connectivity index (χ0) is 15.9. The molecule has 116 valence electrons. The molecule has 0 heterocycles. The number of carbonyl (C=O) groups is 2. The largest absolute Gasteiger partial charge is 0.481 e. The van der Waals surface area contributed by atoms with Crippen molar-refractivity contribution in [3.8, 4) is 0 Å². The molecular weight excluding hydrogens is 288 g/mol. The molecule has 0 aromatic heterocycles. The van der Waals surface area contributed by atoms with Gasteiger partial charge >= 0.3 is 5.97 Å². The molecule has 0 radical (unpaired) electrons. The van der Waals surface area contributed by atoms with Crippen LogP contribution in [0.2, 0.25) is 0 Å². The van der Waals surface area contributed by atoms with Gasteiger partial charge in [0.15, 0.2) is 0 Å². The number of ether oxygens (including phenoxy) is 1. The first-order chi connectivity index (χ1) is 8.62. The molecule has 0 saturated carbocycles. The maximum atomic E-state index is 9.59. The van der Waals surface area contributed by atoms with Crippen LogP contribution in [0.15, 0.2) is 0 Å². The number of hydrogen-bond donors (Lipinski definition) is 3. The Morgan fingerprint density at radius 2 is 1.63 bits per heavy atom. The minimum absolute atomic E-state index is 0.194. The molecule has 0 fully saturated rings. The first-order valence-corrected chi connectivity index (χ1v) is 7.89. The first kappa shape index (κ1) is 23.6. The molecule has 0 aliphatic rings. The molecule has 0 spiro atoms. The second kappa shape index (κ2) is 15.6. The summed E-state index contributed by atoms with van der Waals surface area (Å²) in [6, 6.07) is 0. The summed E-state index contributed by atoms with van der Waals surface area (Å²) in [6.45, 7) is 8.19. The Labute approximate surface area is 123 Å². The average Bonchev–Trinajstić information content (AvgIpc) is 2.29. The van der Waals surface area contributed by atoms with E-state index in [2.05, 4.69) is 18.6 Å². The maximum Gasteiger partial charge on any atom is 0.302 e. The van der Waals surface area contributed by atoms with E-state index in [-0.39, 0.29) is 10.7 Å². The van der Waals surface area contributed by atoms with E-state index >= 15 is 0 Å². The second-order valence-corrected chi connectivity index (χ2v) is 7.00. The minimum atomic E-state index is -0.833. The standard InChI is InChI=1S/C6H16N2S2.C3H6O2.C2H4O2/c1-6(2,5-8)10-9-4-3-7;1-3(4)5-2;1-2(3)4/h3-5,7-8H2,1-2H3;1-2H3;1H3,(H,3,4). The molecule has 0 aromatic rings. The Morgan fingerprint density at radius 3 is 1.84 bits per heavy atom. The van der Waals surface area contributed by atoms with Gasteiger partial charge in [-0.3, -0.25) is 9.59 Å². The predicted octanol–water partition coefficient (Wildman–Crippen LogP) is 1.33. The number of rotatable bonds is 5. The summed E-state index contributed by atoms with van der Waals surface area (Å²) in [7, 11) is 4.96. The van der Waals surface area contributed by atoms with Crippen LogP contribution >= 0.6 is 21.6 Å². The van der Waals surface area contributed by atoms with Crippen LogP contribution < -0.4 is 11.5 Å². The van der Waals surface area contributed by atoms with Crippen LogP contribution in [0.5, 0.6) is 0 Å². The van der Waals surface area contributed by atoms with Crippen LogP contribution in [-0.4, -0.2) is 47.7 Å². The summed E-state index contributed by atoms with van der Waals surface area (Å²) in [6.07, 6.45) is 0. The molecule has 0 amide bonds. The van der Waals surface area contributed by atoms with E-state index in [9.17, 15) is 4.79 Å². The van der Waals surface area contributed by atoms with Gasteiger partial charge in [-0.05, 0) is 13.8 Å². The summed E-state index contributed by atoms with van der Waals surface area (Å²) in [5.74, 6) is -0.0707. The van der Waals surface area contributed by atoms with Gasteiger partial charge < -0.3 is 21.3 Å². The Kier molecular flexibility index (Phi) is 19.4. The molecule has 0 bridgehead atoms. The van der Waals surface area contributed by atoms with Crippen molar-refractivity contribution in [1.29, 1.82) is 0 Å². The van der Waals surface area contributed by atoms with Crippen LogP contribution in [0, 0.1) is 0 Å². The number of carboxylic acid groups (broad SMARTS) is 1. The lowest BCUT2D eigenvalue weighted by atomic mass is 10.2. The predicted molar refractivity (Wildman–Crippen MR) is 83.2 cm³/mol. The number of nitrogens with two attached hydrogens (primary N) is 2. The van der Waals surface area contributed by atoms with Gasteiger partial charge in [0.2, 0.25) is 0 Å². The van der Waals surface area contributed by atoms with E-state index in [4.69, 9.17) is 21.4 Å². The fourth-order valence-corrected chi connectivity index (χ4v) is 2.55. The third kappa shape index (κ3) is 38.1. The van der Waals surface area contributed by atoms with Crippen LogP contribution in [0.4, 0.5) is 0 Å². The quantitative estimate of drug-likeness (QED) is 0.395. The molecule has 8 heteroatoms. The lowest BCUT2D eigenvalue weighted by molar-refractivity contribution is -0.138. The van der Waals surface area contributed by atoms with E-state index in [1.165, 1.54) is 14.0 Å². The summed E-state index contributed by atoms with van der Waals surface area (Å²) in [5, 5.41) is 7.42. The van der Waals surface area contributed by atoms with E-state index in [0.717, 1.165) is 25.8 Å². The Hall–Kier alpha value is -0.440. The summed E-state index contributed by atoms with van der Waals surface area (Å²) >= 11 is 0. The molecule has 19 heavy (non-hydrogen) atoms. The van der Waals surface area contributed by atoms with Gasteiger partial charge in [-0.15, -0.1) is 0 Å². The number of aliphatic carboxylic acids is 1. The van der Waals surface area contributed by atoms with Crippen LogP contribution in [0.1, 0.15) is 27.7 Å². The second-order valence-electron chi connectivity index (χ2n) is 3.87. The highest BCUT2D eigenvalue weighted by Crippen LogP contribution is 2.33. The van der Waals surface area contributed by atoms with Gasteiger partial charge in [0, 0.05) is 37.4 Å². The number of carbonyl (C=O) groups excluding carboxylic acids is 1. The first-order valence-electron chi connectivity index (χ1n) is 5.57. The normalized spacial score (nSPS) is 9.42. The molecule has 0 aromatic carbocycles. The van der Waals surface area contributed by atoms with Crippen molar-refractivity contribution >= 4 is 33.5 Å². The maximum absolute atomic E-state index is 9.59. The molecule has 0 aliphatic heterocycles.